The summed E-state index contributed by atoms with van der Waals surface area (Å²) in [4.78, 5) is 13.3. The Morgan fingerprint density at radius 2 is 0.725 bits per heavy atom. The number of amides is 1. The highest BCUT2D eigenvalue weighted by Gasteiger charge is 2.53. The smallest absolute Gasteiger partial charge is 0.220 e. The molecule has 0 aromatic heterocycles. The Hall–Kier alpha value is -1.99. The molecule has 0 aromatic rings. The molecule has 19 nitrogen and oxygen atoms in total. The number of unbranched alkanes of at least 4 members (excludes halogenated alkanes) is 38. The first-order chi connectivity index (χ1) is 44.3. The Kier molecular flexibility index (Phi) is 49.5. The third-order valence-electron chi connectivity index (χ3n) is 18.5. The summed E-state index contributed by atoms with van der Waals surface area (Å²) in [6.07, 6.45) is 38.0. The molecule has 91 heavy (non-hydrogen) atoms. The van der Waals surface area contributed by atoms with Crippen molar-refractivity contribution in [3.05, 3.63) is 36.5 Å². The van der Waals surface area contributed by atoms with Crippen molar-refractivity contribution in [1.29, 1.82) is 0 Å². The molecular formula is C72H133NO18. The van der Waals surface area contributed by atoms with Gasteiger partial charge in [-0.05, 0) is 39.0 Å². The average Bonchev–Trinajstić information content (AvgIpc) is 0.878. The van der Waals surface area contributed by atoms with Crippen molar-refractivity contribution >= 4 is 5.91 Å². The van der Waals surface area contributed by atoms with Gasteiger partial charge in [-0.1, -0.05) is 275 Å². The van der Waals surface area contributed by atoms with Crippen molar-refractivity contribution in [3.8, 4) is 0 Å². The molecule has 12 N–H and O–H groups in total. The van der Waals surface area contributed by atoms with E-state index in [0.29, 0.717) is 12.8 Å². The van der Waals surface area contributed by atoms with Crippen LogP contribution in [0.2, 0.25) is 0 Å². The van der Waals surface area contributed by atoms with Gasteiger partial charge in [-0.3, -0.25) is 4.79 Å². The first kappa shape index (κ1) is 83.2. The van der Waals surface area contributed by atoms with E-state index in [1.807, 2.05) is 19.1 Å². The van der Waals surface area contributed by atoms with Crippen LogP contribution in [0.25, 0.3) is 0 Å². The lowest BCUT2D eigenvalue weighted by molar-refractivity contribution is -0.379. The SMILES string of the molecule is C/C=C/CC/C=C/CC/C=C/C(O)C(COC1OC(CO)C(OC2OC(CO)C(OC3OC(CO)C(O)C(O)C3O)C(O)C2O)C(O)C1O)NC(=O)CCCCCCCCCCCCCCCCCCCCCCCCCCCCCCCCCCCCCCC. The molecule has 19 heteroatoms. The van der Waals surface area contributed by atoms with E-state index in [0.717, 1.165) is 38.5 Å². The van der Waals surface area contributed by atoms with Gasteiger partial charge in [-0.2, -0.15) is 0 Å². The molecule has 3 aliphatic heterocycles. The number of ether oxygens (including phenoxy) is 6. The van der Waals surface area contributed by atoms with Crippen LogP contribution in [0, 0.1) is 0 Å². The number of carbonyl (C=O) groups is 1. The van der Waals surface area contributed by atoms with Crippen LogP contribution in [0.1, 0.15) is 284 Å². The second kappa shape index (κ2) is 54.1. The summed E-state index contributed by atoms with van der Waals surface area (Å²) in [5.41, 5.74) is 0. The summed E-state index contributed by atoms with van der Waals surface area (Å²) in [6, 6.07) is -0.992. The lowest BCUT2D eigenvalue weighted by atomic mass is 9.96. The maximum atomic E-state index is 13.3. The van der Waals surface area contributed by atoms with E-state index in [9.17, 15) is 61.0 Å². The predicted octanol–water partition coefficient (Wildman–Crippen LogP) is 10.4. The molecule has 3 saturated heterocycles. The lowest BCUT2D eigenvalue weighted by Crippen LogP contribution is -2.66. The molecule has 1 amide bonds. The number of hydrogen-bond donors (Lipinski definition) is 12. The lowest BCUT2D eigenvalue weighted by Gasteiger charge is -2.48. The first-order valence-electron chi connectivity index (χ1n) is 36.7. The zero-order valence-corrected chi connectivity index (χ0v) is 56.6. The van der Waals surface area contributed by atoms with Crippen LogP contribution < -0.4 is 5.32 Å². The van der Waals surface area contributed by atoms with Crippen LogP contribution in [0.3, 0.4) is 0 Å². The van der Waals surface area contributed by atoms with Gasteiger partial charge in [0.15, 0.2) is 18.9 Å². The van der Waals surface area contributed by atoms with Gasteiger partial charge in [-0.15, -0.1) is 0 Å². The Morgan fingerprint density at radius 3 is 1.10 bits per heavy atom. The molecule has 3 fully saturated rings. The zero-order valence-electron chi connectivity index (χ0n) is 56.6. The third-order valence-corrected chi connectivity index (χ3v) is 18.5. The highest BCUT2D eigenvalue weighted by Crippen LogP contribution is 2.33. The molecule has 17 atom stereocenters. The van der Waals surface area contributed by atoms with E-state index in [4.69, 9.17) is 28.4 Å². The fraction of sp³-hybridized carbons (Fsp3) is 0.903. The number of allylic oxidation sites excluding steroid dienone is 5. The molecular weight excluding hydrogens is 1170 g/mol. The monoisotopic (exact) mass is 1300 g/mol. The van der Waals surface area contributed by atoms with Crippen LogP contribution in [0.4, 0.5) is 0 Å². The molecule has 3 aliphatic rings. The van der Waals surface area contributed by atoms with Gasteiger partial charge in [0.1, 0.15) is 73.2 Å². The zero-order chi connectivity index (χ0) is 66.1. The Bertz CT molecular complexity index is 1790. The van der Waals surface area contributed by atoms with Crippen LogP contribution in [0.5, 0.6) is 0 Å². The summed E-state index contributed by atoms with van der Waals surface area (Å²) in [5.74, 6) is -0.288. The van der Waals surface area contributed by atoms with Crippen LogP contribution in [-0.4, -0.2) is 193 Å². The third kappa shape index (κ3) is 35.7. The maximum Gasteiger partial charge on any atom is 0.220 e. The van der Waals surface area contributed by atoms with Crippen molar-refractivity contribution in [2.45, 2.75) is 388 Å². The Morgan fingerprint density at radius 1 is 0.407 bits per heavy atom. The fourth-order valence-electron chi connectivity index (χ4n) is 12.6. The normalized spacial score (nSPS) is 28.0. The molecule has 3 heterocycles. The minimum Gasteiger partial charge on any atom is -0.394 e. The second-order valence-electron chi connectivity index (χ2n) is 26.4. The van der Waals surface area contributed by atoms with Gasteiger partial charge in [0.05, 0.1) is 38.6 Å². The molecule has 0 aliphatic carbocycles. The van der Waals surface area contributed by atoms with Gasteiger partial charge in [0, 0.05) is 6.42 Å². The second-order valence-corrected chi connectivity index (χ2v) is 26.4. The van der Waals surface area contributed by atoms with E-state index < -0.39 is 124 Å². The summed E-state index contributed by atoms with van der Waals surface area (Å²) >= 11 is 0. The minimum atomic E-state index is -1.98. The fourth-order valence-corrected chi connectivity index (χ4v) is 12.6. The summed E-state index contributed by atoms with van der Waals surface area (Å²) in [7, 11) is 0. The number of nitrogens with one attached hydrogen (secondary N) is 1. The minimum absolute atomic E-state index is 0.235. The van der Waals surface area contributed by atoms with Gasteiger partial charge in [-0.25, -0.2) is 0 Å². The number of rotatable bonds is 57. The van der Waals surface area contributed by atoms with E-state index in [1.54, 1.807) is 6.08 Å². The summed E-state index contributed by atoms with van der Waals surface area (Å²) < 4.78 is 34.2. The standard InChI is InChI=1S/C72H133NO18/c1-3-5-7-9-11-13-14-15-16-17-18-19-20-21-22-23-24-25-26-27-28-29-30-31-32-33-34-35-36-37-38-39-40-42-44-46-48-50-60(78)73-55(56(77)49-47-45-43-41-12-10-8-6-4-2)54-86-70-66(84)63(81)68(58(52-75)88-70)91-72-67(85)64(82)69(59(53-76)89-72)90-71-65(83)62(80)61(79)57(51-74)87-71/h4,6,12,41,47,49,55-59,61-72,74-77,79-85H,3,5,7-11,13-40,42-46,48,50-54H2,1-2H3,(H,73,78)/b6-4+,41-12+,49-47+. The Balaban J connectivity index is 1.27. The van der Waals surface area contributed by atoms with Crippen LogP contribution in [-0.2, 0) is 33.2 Å². The van der Waals surface area contributed by atoms with Crippen molar-refractivity contribution in [1.82, 2.24) is 5.32 Å². The van der Waals surface area contributed by atoms with Gasteiger partial charge < -0.3 is 89.9 Å². The van der Waals surface area contributed by atoms with Crippen molar-refractivity contribution in [3.63, 3.8) is 0 Å². The van der Waals surface area contributed by atoms with Crippen molar-refractivity contribution in [2.24, 2.45) is 0 Å². The highest BCUT2D eigenvalue weighted by molar-refractivity contribution is 5.76. The summed E-state index contributed by atoms with van der Waals surface area (Å²) in [6.45, 7) is 1.48. The molecule has 17 unspecified atom stereocenters. The molecule has 0 saturated carbocycles. The van der Waals surface area contributed by atoms with E-state index in [1.165, 1.54) is 212 Å². The Labute approximate surface area is 549 Å². The molecule has 0 aromatic carbocycles. The largest absolute Gasteiger partial charge is 0.394 e. The topological polar surface area (TPSA) is 307 Å². The van der Waals surface area contributed by atoms with E-state index in [2.05, 4.69) is 30.5 Å². The van der Waals surface area contributed by atoms with Crippen molar-refractivity contribution < 1.29 is 89.4 Å². The highest BCUT2D eigenvalue weighted by atomic mass is 16.8. The van der Waals surface area contributed by atoms with Gasteiger partial charge >= 0.3 is 0 Å². The van der Waals surface area contributed by atoms with E-state index in [-0.39, 0.29) is 18.9 Å². The molecule has 0 bridgehead atoms. The van der Waals surface area contributed by atoms with Crippen LogP contribution >= 0.6 is 0 Å². The van der Waals surface area contributed by atoms with E-state index >= 15 is 0 Å². The van der Waals surface area contributed by atoms with Crippen LogP contribution in [0.15, 0.2) is 36.5 Å². The molecule has 0 radical (unpaired) electrons. The number of hydrogen-bond acceptors (Lipinski definition) is 18. The number of aliphatic hydroxyl groups excluding tert-OH is 11. The van der Waals surface area contributed by atoms with Gasteiger partial charge in [0.2, 0.25) is 5.91 Å². The van der Waals surface area contributed by atoms with Gasteiger partial charge in [0.25, 0.3) is 0 Å². The average molecular weight is 1300 g/mol. The number of aliphatic hydroxyl groups is 11. The van der Waals surface area contributed by atoms with Crippen molar-refractivity contribution in [2.75, 3.05) is 26.4 Å². The molecule has 0 spiro atoms. The predicted molar refractivity (Wildman–Crippen MR) is 356 cm³/mol. The maximum absolute atomic E-state index is 13.3. The number of carbonyl (C=O) groups excluding carboxylic acids is 1. The first-order valence-corrected chi connectivity index (χ1v) is 36.7. The quantitative estimate of drug-likeness (QED) is 0.0199. The molecule has 3 rings (SSSR count). The molecule has 534 valence electrons. The summed E-state index contributed by atoms with van der Waals surface area (Å²) in [5, 5.41) is 120.